The van der Waals surface area contributed by atoms with Gasteiger partial charge in [-0.05, 0) is 45.9 Å². The van der Waals surface area contributed by atoms with E-state index in [0.29, 0.717) is 4.47 Å². The van der Waals surface area contributed by atoms with Crippen molar-refractivity contribution < 1.29 is 18.7 Å². The van der Waals surface area contributed by atoms with Gasteiger partial charge in [0.2, 0.25) is 0 Å². The van der Waals surface area contributed by atoms with E-state index in [-0.39, 0.29) is 5.56 Å². The maximum Gasteiger partial charge on any atom is 0.328 e. The second-order valence-electron chi connectivity index (χ2n) is 5.39. The van der Waals surface area contributed by atoms with Gasteiger partial charge < -0.3 is 10.1 Å². The van der Waals surface area contributed by atoms with Crippen LogP contribution >= 0.6 is 15.9 Å². The van der Waals surface area contributed by atoms with Gasteiger partial charge in [0, 0.05) is 10.0 Å². The summed E-state index contributed by atoms with van der Waals surface area (Å²) < 4.78 is 18.8. The van der Waals surface area contributed by atoms with E-state index in [0.717, 1.165) is 6.07 Å². The normalized spacial score (nSPS) is 12.7. The van der Waals surface area contributed by atoms with Crippen LogP contribution in [0.25, 0.3) is 0 Å². The van der Waals surface area contributed by atoms with Crippen molar-refractivity contribution in [1.82, 2.24) is 5.32 Å². The third-order valence-electron chi connectivity index (χ3n) is 2.23. The number of hydrogen-bond acceptors (Lipinski definition) is 3. The average Bonchev–Trinajstić information content (AvgIpc) is 2.25. The topological polar surface area (TPSA) is 55.4 Å². The minimum absolute atomic E-state index is 0.132. The lowest BCUT2D eigenvalue weighted by molar-refractivity contribution is -0.156. The number of hydrogen-bond donors (Lipinski definition) is 1. The minimum Gasteiger partial charge on any atom is -0.458 e. The SMILES string of the molecule is C[C@@H](NC(=O)c1cc(F)cc(Br)c1)C(=O)OC(C)(C)C. The zero-order valence-electron chi connectivity index (χ0n) is 11.8. The quantitative estimate of drug-likeness (QED) is 0.856. The highest BCUT2D eigenvalue weighted by molar-refractivity contribution is 9.10. The fourth-order valence-corrected chi connectivity index (χ4v) is 1.88. The first-order chi connectivity index (χ1) is 9.08. The third-order valence-corrected chi connectivity index (χ3v) is 2.69. The highest BCUT2D eigenvalue weighted by atomic mass is 79.9. The molecule has 0 saturated carbocycles. The largest absolute Gasteiger partial charge is 0.458 e. The molecule has 1 atom stereocenters. The molecule has 1 aromatic rings. The molecule has 20 heavy (non-hydrogen) atoms. The molecule has 1 aromatic carbocycles. The molecule has 0 fully saturated rings. The summed E-state index contributed by atoms with van der Waals surface area (Å²) in [6.45, 7) is 6.73. The van der Waals surface area contributed by atoms with E-state index in [1.54, 1.807) is 20.8 Å². The van der Waals surface area contributed by atoms with Gasteiger partial charge in [0.15, 0.2) is 0 Å². The first-order valence-electron chi connectivity index (χ1n) is 6.08. The van der Waals surface area contributed by atoms with E-state index in [1.165, 1.54) is 19.1 Å². The number of carbonyl (C=O) groups is 2. The number of amides is 1. The van der Waals surface area contributed by atoms with Gasteiger partial charge in [-0.1, -0.05) is 15.9 Å². The number of halogens is 2. The van der Waals surface area contributed by atoms with Crippen molar-refractivity contribution in [2.45, 2.75) is 39.3 Å². The Morgan fingerprint density at radius 1 is 1.30 bits per heavy atom. The molecule has 0 heterocycles. The lowest BCUT2D eigenvalue weighted by Gasteiger charge is -2.22. The first kappa shape index (κ1) is 16.6. The summed E-state index contributed by atoms with van der Waals surface area (Å²) in [7, 11) is 0. The Hall–Kier alpha value is -1.43. The summed E-state index contributed by atoms with van der Waals surface area (Å²) >= 11 is 3.10. The molecule has 0 aliphatic carbocycles. The molecule has 0 spiro atoms. The first-order valence-corrected chi connectivity index (χ1v) is 6.87. The maximum atomic E-state index is 13.2. The van der Waals surface area contributed by atoms with Gasteiger partial charge in [-0.2, -0.15) is 0 Å². The van der Waals surface area contributed by atoms with Crippen LogP contribution in [0.1, 0.15) is 38.1 Å². The molecule has 4 nitrogen and oxygen atoms in total. The van der Waals surface area contributed by atoms with Crippen molar-refractivity contribution in [3.05, 3.63) is 34.1 Å². The molecular formula is C14H17BrFNO3. The molecule has 1 N–H and O–H groups in total. The van der Waals surface area contributed by atoms with Crippen LogP contribution in [0.2, 0.25) is 0 Å². The summed E-state index contributed by atoms with van der Waals surface area (Å²) in [5.74, 6) is -1.61. The molecule has 0 bridgehead atoms. The van der Waals surface area contributed by atoms with E-state index in [4.69, 9.17) is 4.74 Å². The van der Waals surface area contributed by atoms with Crippen molar-refractivity contribution in [2.75, 3.05) is 0 Å². The smallest absolute Gasteiger partial charge is 0.328 e. The third kappa shape index (κ3) is 5.28. The molecule has 110 valence electrons. The number of nitrogens with one attached hydrogen (secondary N) is 1. The van der Waals surface area contributed by atoms with Gasteiger partial charge in [-0.25, -0.2) is 9.18 Å². The number of benzene rings is 1. The highest BCUT2D eigenvalue weighted by Gasteiger charge is 2.23. The van der Waals surface area contributed by atoms with Gasteiger partial charge in [0.25, 0.3) is 5.91 Å². The summed E-state index contributed by atoms with van der Waals surface area (Å²) in [6.07, 6.45) is 0. The fraction of sp³-hybridized carbons (Fsp3) is 0.429. The summed E-state index contributed by atoms with van der Waals surface area (Å²) in [5, 5.41) is 2.47. The van der Waals surface area contributed by atoms with Crippen LogP contribution in [0.15, 0.2) is 22.7 Å². The predicted molar refractivity (Wildman–Crippen MR) is 76.9 cm³/mol. The van der Waals surface area contributed by atoms with E-state index in [1.807, 2.05) is 0 Å². The van der Waals surface area contributed by atoms with Crippen LogP contribution < -0.4 is 5.32 Å². The Morgan fingerprint density at radius 2 is 1.90 bits per heavy atom. The number of rotatable bonds is 3. The summed E-state index contributed by atoms with van der Waals surface area (Å²) in [4.78, 5) is 23.7. The van der Waals surface area contributed by atoms with Crippen LogP contribution in [0, 0.1) is 5.82 Å². The second kappa shape index (κ2) is 6.35. The second-order valence-corrected chi connectivity index (χ2v) is 6.30. The van der Waals surface area contributed by atoms with Crippen LogP contribution in [-0.2, 0) is 9.53 Å². The Bertz CT molecular complexity index is 505. The predicted octanol–water partition coefficient (Wildman–Crippen LogP) is 3.05. The Labute approximate surface area is 125 Å². The van der Waals surface area contributed by atoms with Gasteiger partial charge in [0.1, 0.15) is 17.5 Å². The van der Waals surface area contributed by atoms with Crippen LogP contribution in [0.4, 0.5) is 4.39 Å². The molecule has 1 rings (SSSR count). The molecule has 1 amide bonds. The lowest BCUT2D eigenvalue weighted by atomic mass is 10.1. The van der Waals surface area contributed by atoms with E-state index >= 15 is 0 Å². The zero-order chi connectivity index (χ0) is 15.5. The van der Waals surface area contributed by atoms with E-state index < -0.39 is 29.3 Å². The molecule has 0 unspecified atom stereocenters. The number of ether oxygens (including phenoxy) is 1. The van der Waals surface area contributed by atoms with E-state index in [2.05, 4.69) is 21.2 Å². The Balaban J connectivity index is 2.72. The average molecular weight is 346 g/mol. The van der Waals surface area contributed by atoms with Gasteiger partial charge >= 0.3 is 5.97 Å². The van der Waals surface area contributed by atoms with Crippen LogP contribution in [0.5, 0.6) is 0 Å². The maximum absolute atomic E-state index is 13.2. The number of esters is 1. The van der Waals surface area contributed by atoms with Crippen LogP contribution in [-0.4, -0.2) is 23.5 Å². The molecule has 0 aliphatic heterocycles. The molecule has 0 aliphatic rings. The van der Waals surface area contributed by atoms with E-state index in [9.17, 15) is 14.0 Å². The van der Waals surface area contributed by atoms with Gasteiger partial charge in [-0.3, -0.25) is 4.79 Å². The summed E-state index contributed by atoms with van der Waals surface area (Å²) in [5.41, 5.74) is -0.495. The minimum atomic E-state index is -0.816. The molecule has 6 heteroatoms. The highest BCUT2D eigenvalue weighted by Crippen LogP contribution is 2.15. The standard InChI is InChI=1S/C14H17BrFNO3/c1-8(13(19)20-14(2,3)4)17-12(18)9-5-10(15)7-11(16)6-9/h5-8H,1-4H3,(H,17,18)/t8-/m1/s1. The van der Waals surface area contributed by atoms with Gasteiger partial charge in [-0.15, -0.1) is 0 Å². The van der Waals surface area contributed by atoms with Gasteiger partial charge in [0.05, 0.1) is 0 Å². The van der Waals surface area contributed by atoms with Crippen LogP contribution in [0.3, 0.4) is 0 Å². The monoisotopic (exact) mass is 345 g/mol. The molecule has 0 radical (unpaired) electrons. The number of carbonyl (C=O) groups excluding carboxylic acids is 2. The fourth-order valence-electron chi connectivity index (χ4n) is 1.41. The zero-order valence-corrected chi connectivity index (χ0v) is 13.4. The Kier molecular flexibility index (Phi) is 5.28. The van der Waals surface area contributed by atoms with Crippen molar-refractivity contribution in [3.8, 4) is 0 Å². The molecular weight excluding hydrogens is 329 g/mol. The Morgan fingerprint density at radius 3 is 2.40 bits per heavy atom. The summed E-state index contributed by atoms with van der Waals surface area (Å²) in [6, 6.07) is 3.00. The lowest BCUT2D eigenvalue weighted by Crippen LogP contribution is -2.42. The molecule has 0 saturated heterocycles. The van der Waals surface area contributed by atoms with Crippen molar-refractivity contribution in [1.29, 1.82) is 0 Å². The van der Waals surface area contributed by atoms with Crippen molar-refractivity contribution >= 4 is 27.8 Å². The van der Waals surface area contributed by atoms with Crippen molar-refractivity contribution in [3.63, 3.8) is 0 Å². The molecule has 0 aromatic heterocycles. The van der Waals surface area contributed by atoms with Crippen molar-refractivity contribution in [2.24, 2.45) is 0 Å².